The maximum Gasteiger partial charge on any atom is 0.297 e. The minimum atomic E-state index is -0.805. The molecule has 0 spiro atoms. The van der Waals surface area contributed by atoms with Crippen molar-refractivity contribution in [1.82, 2.24) is 4.98 Å². The minimum absolute atomic E-state index is 0.0235. The van der Waals surface area contributed by atoms with Gasteiger partial charge in [-0.1, -0.05) is 0 Å². The Morgan fingerprint density at radius 1 is 1.06 bits per heavy atom. The van der Waals surface area contributed by atoms with Gasteiger partial charge in [0.25, 0.3) is 11.6 Å². The summed E-state index contributed by atoms with van der Waals surface area (Å²) in [6, 6.07) is 8.59. The number of aryl methyl sites for hydroxylation is 4. The number of amides is 1. The van der Waals surface area contributed by atoms with Crippen LogP contribution in [0.5, 0.6) is 0 Å². The molecular weight excluding hydrogens is 442 g/mol. The van der Waals surface area contributed by atoms with Gasteiger partial charge < -0.3 is 4.42 Å². The van der Waals surface area contributed by atoms with Crippen LogP contribution in [0, 0.1) is 37.8 Å². The molecule has 0 saturated carbocycles. The fourth-order valence-electron chi connectivity index (χ4n) is 4.08. The lowest BCUT2D eigenvalue weighted by atomic mass is 9.97. The third-order valence-electron chi connectivity index (χ3n) is 6.13. The van der Waals surface area contributed by atoms with Crippen molar-refractivity contribution in [2.45, 2.75) is 33.7 Å². The van der Waals surface area contributed by atoms with E-state index in [0.29, 0.717) is 21.7 Å². The van der Waals surface area contributed by atoms with Gasteiger partial charge in [-0.05, 0) is 68.7 Å². The van der Waals surface area contributed by atoms with Gasteiger partial charge in [0.1, 0.15) is 5.58 Å². The van der Waals surface area contributed by atoms with E-state index >= 15 is 0 Å². The number of benzene rings is 2. The first-order chi connectivity index (χ1) is 15.7. The van der Waals surface area contributed by atoms with E-state index in [1.165, 1.54) is 28.4 Å². The van der Waals surface area contributed by atoms with E-state index in [0.717, 1.165) is 21.7 Å². The maximum absolute atomic E-state index is 13.7. The molecule has 8 nitrogen and oxygen atoms in total. The molecule has 1 aliphatic rings. The molecule has 1 aliphatic heterocycles. The van der Waals surface area contributed by atoms with Gasteiger partial charge in [-0.3, -0.25) is 24.6 Å². The molecule has 9 heteroatoms. The van der Waals surface area contributed by atoms with Crippen molar-refractivity contribution in [2.75, 3.05) is 4.90 Å². The van der Waals surface area contributed by atoms with Gasteiger partial charge >= 0.3 is 0 Å². The number of thiazole rings is 1. The van der Waals surface area contributed by atoms with Crippen molar-refractivity contribution >= 4 is 39.0 Å². The zero-order chi connectivity index (χ0) is 23.6. The largest absolute Gasteiger partial charge is 0.450 e. The molecule has 1 atom stereocenters. The highest BCUT2D eigenvalue weighted by Crippen LogP contribution is 2.43. The molecular formula is C24H19N3O5S. The van der Waals surface area contributed by atoms with Crippen molar-refractivity contribution in [2.24, 2.45) is 0 Å². The summed E-state index contributed by atoms with van der Waals surface area (Å²) in [4.78, 5) is 44.9. The lowest BCUT2D eigenvalue weighted by molar-refractivity contribution is -0.384. The van der Waals surface area contributed by atoms with Gasteiger partial charge in [-0.15, -0.1) is 11.3 Å². The van der Waals surface area contributed by atoms with Gasteiger partial charge in [0.15, 0.2) is 10.6 Å². The molecule has 0 bridgehead atoms. The molecule has 2 aromatic heterocycles. The van der Waals surface area contributed by atoms with E-state index in [1.54, 1.807) is 24.3 Å². The first kappa shape index (κ1) is 21.0. The smallest absolute Gasteiger partial charge is 0.297 e. The molecule has 0 fully saturated rings. The maximum atomic E-state index is 13.7. The van der Waals surface area contributed by atoms with E-state index in [4.69, 9.17) is 4.42 Å². The first-order valence-corrected chi connectivity index (χ1v) is 11.1. The quantitative estimate of drug-likeness (QED) is 0.309. The van der Waals surface area contributed by atoms with Crippen LogP contribution in [0.25, 0.3) is 11.0 Å². The zero-order valence-corrected chi connectivity index (χ0v) is 19.1. The second-order valence-corrected chi connectivity index (χ2v) is 9.35. The van der Waals surface area contributed by atoms with Gasteiger partial charge in [0.2, 0.25) is 5.76 Å². The number of carbonyl (C=O) groups excluding carboxylic acids is 1. The first-order valence-electron chi connectivity index (χ1n) is 10.3. The van der Waals surface area contributed by atoms with Crippen LogP contribution in [0.2, 0.25) is 0 Å². The Balaban J connectivity index is 1.80. The summed E-state index contributed by atoms with van der Waals surface area (Å²) in [7, 11) is 0. The monoisotopic (exact) mass is 461 g/mol. The number of rotatable bonds is 3. The average molecular weight is 461 g/mol. The Kier molecular flexibility index (Phi) is 4.68. The Hall–Kier alpha value is -3.85. The Labute approximate surface area is 192 Å². The fraction of sp³-hybridized carbons (Fsp3) is 0.208. The second-order valence-electron chi connectivity index (χ2n) is 8.17. The summed E-state index contributed by atoms with van der Waals surface area (Å²) >= 11 is 1.35. The van der Waals surface area contributed by atoms with Crippen LogP contribution >= 0.6 is 11.3 Å². The number of non-ortho nitro benzene ring substituents is 1. The number of aromatic nitrogens is 1. The number of anilines is 1. The predicted molar refractivity (Wildman–Crippen MR) is 125 cm³/mol. The number of fused-ring (bicyclic) bond motifs is 2. The van der Waals surface area contributed by atoms with Crippen molar-refractivity contribution in [3.8, 4) is 0 Å². The highest BCUT2D eigenvalue weighted by atomic mass is 32.1. The van der Waals surface area contributed by atoms with Gasteiger partial charge in [-0.2, -0.15) is 0 Å². The predicted octanol–water partition coefficient (Wildman–Crippen LogP) is 5.14. The number of hydrogen-bond donors (Lipinski definition) is 0. The van der Waals surface area contributed by atoms with Crippen LogP contribution in [-0.4, -0.2) is 15.8 Å². The van der Waals surface area contributed by atoms with Crippen LogP contribution in [0.4, 0.5) is 10.8 Å². The molecule has 0 radical (unpaired) electrons. The molecule has 166 valence electrons. The van der Waals surface area contributed by atoms with Crippen LogP contribution in [0.1, 0.15) is 49.4 Å². The van der Waals surface area contributed by atoms with Crippen molar-refractivity contribution < 1.29 is 14.1 Å². The zero-order valence-electron chi connectivity index (χ0n) is 18.3. The topological polar surface area (TPSA) is 107 Å². The molecule has 3 heterocycles. The van der Waals surface area contributed by atoms with Crippen molar-refractivity contribution in [3.05, 3.63) is 95.3 Å². The highest BCUT2D eigenvalue weighted by Gasteiger charge is 2.45. The SMILES string of the molecule is Cc1cc2oc3c(c(=O)c2cc1C)C(c1ccc([N+](=O)[O-])cc1)N(c1nc(C)c(C)s1)C3=O. The lowest BCUT2D eigenvalue weighted by Gasteiger charge is -2.22. The summed E-state index contributed by atoms with van der Waals surface area (Å²) in [6.45, 7) is 7.59. The van der Waals surface area contributed by atoms with Crippen LogP contribution in [0.15, 0.2) is 45.6 Å². The summed E-state index contributed by atoms with van der Waals surface area (Å²) in [5.41, 5.74) is 3.44. The minimum Gasteiger partial charge on any atom is -0.450 e. The number of nitro benzene ring substituents is 1. The van der Waals surface area contributed by atoms with E-state index in [2.05, 4.69) is 4.98 Å². The summed E-state index contributed by atoms with van der Waals surface area (Å²) < 4.78 is 6.01. The van der Waals surface area contributed by atoms with Crippen LogP contribution in [0.3, 0.4) is 0 Å². The highest BCUT2D eigenvalue weighted by molar-refractivity contribution is 7.15. The molecule has 5 rings (SSSR count). The number of carbonyl (C=O) groups is 1. The third-order valence-corrected chi connectivity index (χ3v) is 7.20. The molecule has 0 saturated heterocycles. The van der Waals surface area contributed by atoms with Gasteiger partial charge in [0, 0.05) is 17.0 Å². The lowest BCUT2D eigenvalue weighted by Crippen LogP contribution is -2.29. The Bertz CT molecular complexity index is 1520. The Morgan fingerprint density at radius 3 is 2.33 bits per heavy atom. The number of nitrogens with zero attached hydrogens (tertiary/aromatic N) is 3. The van der Waals surface area contributed by atoms with Gasteiger partial charge in [0.05, 0.1) is 27.6 Å². The molecule has 0 N–H and O–H groups in total. The normalized spacial score (nSPS) is 15.3. The molecule has 33 heavy (non-hydrogen) atoms. The standard InChI is InChI=1S/C24H19N3O5S/c1-11-9-17-18(10-12(11)2)32-22-19(21(17)28)20(15-5-7-16(8-6-15)27(30)31)26(23(22)29)24-25-13(3)14(4)33-24/h5-10,20H,1-4H3. The van der Waals surface area contributed by atoms with Gasteiger partial charge in [-0.25, -0.2) is 4.98 Å². The summed E-state index contributed by atoms with van der Waals surface area (Å²) in [5.74, 6) is -0.482. The van der Waals surface area contributed by atoms with E-state index in [1.807, 2.05) is 27.7 Å². The number of nitro groups is 1. The molecule has 0 aliphatic carbocycles. The summed E-state index contributed by atoms with van der Waals surface area (Å²) in [5, 5.41) is 12.0. The van der Waals surface area contributed by atoms with Crippen LogP contribution < -0.4 is 10.3 Å². The number of hydrogen-bond acceptors (Lipinski definition) is 7. The molecule has 4 aromatic rings. The van der Waals surface area contributed by atoms with E-state index in [-0.39, 0.29) is 22.4 Å². The second kappa shape index (κ2) is 7.35. The van der Waals surface area contributed by atoms with Crippen molar-refractivity contribution in [1.29, 1.82) is 0 Å². The van der Waals surface area contributed by atoms with Crippen molar-refractivity contribution in [3.63, 3.8) is 0 Å². The molecule has 1 amide bonds. The third kappa shape index (κ3) is 3.15. The fourth-order valence-corrected chi connectivity index (χ4v) is 5.01. The molecule has 1 unspecified atom stereocenters. The molecule has 2 aromatic carbocycles. The van der Waals surface area contributed by atoms with E-state index in [9.17, 15) is 19.7 Å². The Morgan fingerprint density at radius 2 is 1.73 bits per heavy atom. The van der Waals surface area contributed by atoms with E-state index < -0.39 is 16.9 Å². The summed E-state index contributed by atoms with van der Waals surface area (Å²) in [6.07, 6.45) is 0. The van der Waals surface area contributed by atoms with Crippen LogP contribution in [-0.2, 0) is 0 Å². The average Bonchev–Trinajstić information content (AvgIpc) is 3.26.